The lowest BCUT2D eigenvalue weighted by molar-refractivity contribution is -0.123. The molecule has 1 unspecified atom stereocenters. The monoisotopic (exact) mass is 355 g/mol. The van der Waals surface area contributed by atoms with Crippen molar-refractivity contribution in [2.24, 2.45) is 0 Å². The minimum atomic E-state index is -0.928. The van der Waals surface area contributed by atoms with Crippen molar-refractivity contribution in [3.05, 3.63) is 59.5 Å². The Morgan fingerprint density at radius 3 is 2.56 bits per heavy atom. The van der Waals surface area contributed by atoms with E-state index in [2.05, 4.69) is 5.32 Å². The molecule has 1 heterocycles. The predicted octanol–water partition coefficient (Wildman–Crippen LogP) is 4.09. The number of esters is 1. The zero-order valence-corrected chi connectivity index (χ0v) is 14.6. The molecule has 0 saturated heterocycles. The number of fused-ring (bicyclic) bond motifs is 1. The molecule has 0 spiro atoms. The Hall–Kier alpha value is -2.86. The molecule has 0 saturated carbocycles. The Balaban J connectivity index is 1.67. The number of para-hydroxylation sites is 2. The fourth-order valence-corrected chi connectivity index (χ4v) is 3.28. The zero-order chi connectivity index (χ0) is 17.8. The SMILES string of the molecule is COc1ccccc1NC(=O)C(C)OC(=O)c1cc2ccccc2s1. The first-order chi connectivity index (χ1) is 12.1. The molecular weight excluding hydrogens is 338 g/mol. The van der Waals surface area contributed by atoms with E-state index in [1.165, 1.54) is 25.4 Å². The Labute approximate surface area is 149 Å². The predicted molar refractivity (Wildman–Crippen MR) is 98.3 cm³/mol. The zero-order valence-electron chi connectivity index (χ0n) is 13.8. The van der Waals surface area contributed by atoms with Gasteiger partial charge in [-0.25, -0.2) is 4.79 Å². The van der Waals surface area contributed by atoms with Gasteiger partial charge in [-0.3, -0.25) is 4.79 Å². The summed E-state index contributed by atoms with van der Waals surface area (Å²) in [6.07, 6.45) is -0.928. The number of benzene rings is 2. The summed E-state index contributed by atoms with van der Waals surface area (Å²) in [5.74, 6) is -0.387. The Bertz CT molecular complexity index is 885. The third-order valence-corrected chi connectivity index (χ3v) is 4.74. The molecule has 0 bridgehead atoms. The molecule has 0 aliphatic rings. The lowest BCUT2D eigenvalue weighted by Gasteiger charge is -2.14. The van der Waals surface area contributed by atoms with Gasteiger partial charge in [0.15, 0.2) is 6.10 Å². The van der Waals surface area contributed by atoms with E-state index in [1.54, 1.807) is 30.3 Å². The van der Waals surface area contributed by atoms with Gasteiger partial charge in [0.2, 0.25) is 0 Å². The molecule has 1 N–H and O–H groups in total. The second-order valence-corrected chi connectivity index (χ2v) is 6.47. The largest absolute Gasteiger partial charge is 0.495 e. The second kappa shape index (κ2) is 7.36. The summed E-state index contributed by atoms with van der Waals surface area (Å²) in [5, 5.41) is 3.68. The number of carbonyl (C=O) groups excluding carboxylic acids is 2. The number of ether oxygens (including phenoxy) is 2. The molecule has 2 aromatic carbocycles. The molecule has 0 fully saturated rings. The molecule has 6 heteroatoms. The van der Waals surface area contributed by atoms with Crippen LogP contribution in [0.2, 0.25) is 0 Å². The first-order valence-electron chi connectivity index (χ1n) is 7.72. The number of rotatable bonds is 5. The number of methoxy groups -OCH3 is 1. The van der Waals surface area contributed by atoms with Crippen molar-refractivity contribution in [1.29, 1.82) is 0 Å². The standard InChI is InChI=1S/C19H17NO4S/c1-12(18(21)20-14-8-4-5-9-15(14)23-2)24-19(22)17-11-13-7-3-6-10-16(13)25-17/h3-12H,1-2H3,(H,20,21). The Kier molecular flexibility index (Phi) is 5.00. The number of hydrogen-bond acceptors (Lipinski definition) is 5. The van der Waals surface area contributed by atoms with Crippen LogP contribution in [0.25, 0.3) is 10.1 Å². The van der Waals surface area contributed by atoms with Crippen molar-refractivity contribution in [1.82, 2.24) is 0 Å². The lowest BCUT2D eigenvalue weighted by Crippen LogP contribution is -2.29. The van der Waals surface area contributed by atoms with E-state index in [0.717, 1.165) is 10.1 Å². The summed E-state index contributed by atoms with van der Waals surface area (Å²) in [5.41, 5.74) is 0.528. The molecular formula is C19H17NO4S. The summed E-state index contributed by atoms with van der Waals surface area (Å²) in [6, 6.07) is 16.5. The summed E-state index contributed by atoms with van der Waals surface area (Å²) < 4.78 is 11.5. The smallest absolute Gasteiger partial charge is 0.349 e. The normalized spacial score (nSPS) is 11.8. The Morgan fingerprint density at radius 2 is 1.80 bits per heavy atom. The number of carbonyl (C=O) groups is 2. The Morgan fingerprint density at radius 1 is 1.08 bits per heavy atom. The molecule has 1 atom stereocenters. The lowest BCUT2D eigenvalue weighted by atomic mass is 10.2. The molecule has 3 rings (SSSR count). The molecule has 1 aromatic heterocycles. The molecule has 5 nitrogen and oxygen atoms in total. The maximum Gasteiger partial charge on any atom is 0.349 e. The van der Waals surface area contributed by atoms with Crippen LogP contribution in [-0.2, 0) is 9.53 Å². The third kappa shape index (κ3) is 3.80. The van der Waals surface area contributed by atoms with Gasteiger partial charge in [-0.1, -0.05) is 30.3 Å². The highest BCUT2D eigenvalue weighted by Gasteiger charge is 2.21. The van der Waals surface area contributed by atoms with Gasteiger partial charge in [0.1, 0.15) is 10.6 Å². The first kappa shape index (κ1) is 17.0. The summed E-state index contributed by atoms with van der Waals surface area (Å²) in [6.45, 7) is 1.54. The number of nitrogens with one attached hydrogen (secondary N) is 1. The third-order valence-electron chi connectivity index (χ3n) is 3.64. The molecule has 0 radical (unpaired) electrons. The topological polar surface area (TPSA) is 64.6 Å². The fraction of sp³-hybridized carbons (Fsp3) is 0.158. The van der Waals surface area contributed by atoms with Crippen LogP contribution < -0.4 is 10.1 Å². The van der Waals surface area contributed by atoms with Crippen molar-refractivity contribution < 1.29 is 19.1 Å². The first-order valence-corrected chi connectivity index (χ1v) is 8.53. The van der Waals surface area contributed by atoms with E-state index in [-0.39, 0.29) is 0 Å². The van der Waals surface area contributed by atoms with Crippen molar-refractivity contribution in [3.63, 3.8) is 0 Å². The maximum absolute atomic E-state index is 12.3. The average Bonchev–Trinajstić information content (AvgIpc) is 3.06. The van der Waals surface area contributed by atoms with Crippen LogP contribution in [0.4, 0.5) is 5.69 Å². The van der Waals surface area contributed by atoms with Crippen LogP contribution in [-0.4, -0.2) is 25.1 Å². The molecule has 1 amide bonds. The van der Waals surface area contributed by atoms with E-state index in [9.17, 15) is 9.59 Å². The van der Waals surface area contributed by atoms with E-state index >= 15 is 0 Å². The molecule has 0 aliphatic carbocycles. The maximum atomic E-state index is 12.3. The summed E-state index contributed by atoms with van der Waals surface area (Å²) in [4.78, 5) is 25.0. The van der Waals surface area contributed by atoms with Gasteiger partial charge in [-0.2, -0.15) is 0 Å². The van der Waals surface area contributed by atoms with Crippen molar-refractivity contribution >= 4 is 39.0 Å². The highest BCUT2D eigenvalue weighted by molar-refractivity contribution is 7.20. The fourth-order valence-electron chi connectivity index (χ4n) is 2.34. The second-order valence-electron chi connectivity index (χ2n) is 5.39. The van der Waals surface area contributed by atoms with Gasteiger partial charge in [0.25, 0.3) is 5.91 Å². The summed E-state index contributed by atoms with van der Waals surface area (Å²) >= 11 is 1.34. The van der Waals surface area contributed by atoms with Crippen molar-refractivity contribution in [3.8, 4) is 5.75 Å². The van der Waals surface area contributed by atoms with Gasteiger partial charge in [-0.15, -0.1) is 11.3 Å². The van der Waals surface area contributed by atoms with Gasteiger partial charge >= 0.3 is 5.97 Å². The average molecular weight is 355 g/mol. The van der Waals surface area contributed by atoms with Gasteiger partial charge in [0, 0.05) is 4.70 Å². The van der Waals surface area contributed by atoms with E-state index in [4.69, 9.17) is 9.47 Å². The van der Waals surface area contributed by atoms with Crippen LogP contribution >= 0.6 is 11.3 Å². The number of thiophene rings is 1. The van der Waals surface area contributed by atoms with Gasteiger partial charge in [0.05, 0.1) is 12.8 Å². The van der Waals surface area contributed by atoms with Gasteiger partial charge < -0.3 is 14.8 Å². The van der Waals surface area contributed by atoms with Crippen LogP contribution in [0.3, 0.4) is 0 Å². The molecule has 0 aliphatic heterocycles. The molecule has 3 aromatic rings. The van der Waals surface area contributed by atoms with Crippen LogP contribution in [0.5, 0.6) is 5.75 Å². The minimum absolute atomic E-state index is 0.418. The van der Waals surface area contributed by atoms with E-state index < -0.39 is 18.0 Å². The van der Waals surface area contributed by atoms with Crippen molar-refractivity contribution in [2.75, 3.05) is 12.4 Å². The van der Waals surface area contributed by atoms with Crippen LogP contribution in [0.1, 0.15) is 16.6 Å². The number of amides is 1. The highest BCUT2D eigenvalue weighted by Crippen LogP contribution is 2.26. The highest BCUT2D eigenvalue weighted by atomic mass is 32.1. The van der Waals surface area contributed by atoms with E-state index in [1.807, 2.05) is 24.3 Å². The van der Waals surface area contributed by atoms with E-state index in [0.29, 0.717) is 16.3 Å². The molecule has 128 valence electrons. The number of anilines is 1. The van der Waals surface area contributed by atoms with Crippen LogP contribution in [0, 0.1) is 0 Å². The van der Waals surface area contributed by atoms with Gasteiger partial charge in [-0.05, 0) is 36.6 Å². The quantitative estimate of drug-likeness (QED) is 0.700. The number of hydrogen-bond donors (Lipinski definition) is 1. The van der Waals surface area contributed by atoms with Crippen LogP contribution in [0.15, 0.2) is 54.6 Å². The van der Waals surface area contributed by atoms with Crippen molar-refractivity contribution in [2.45, 2.75) is 13.0 Å². The molecule has 25 heavy (non-hydrogen) atoms. The summed E-state index contributed by atoms with van der Waals surface area (Å²) in [7, 11) is 1.52. The minimum Gasteiger partial charge on any atom is -0.495 e.